The largest absolute Gasteiger partial charge is 0.0776 e. The smallest absolute Gasteiger partial charge is 0.0391 e. The van der Waals surface area contributed by atoms with Crippen LogP contribution < -0.4 is 0 Å². The van der Waals surface area contributed by atoms with Crippen molar-refractivity contribution >= 4 is 0 Å². The van der Waals surface area contributed by atoms with Crippen LogP contribution in [-0.2, 0) is 0 Å². The van der Waals surface area contributed by atoms with Gasteiger partial charge in [0.15, 0.2) is 0 Å². The van der Waals surface area contributed by atoms with E-state index in [1.165, 1.54) is 154 Å². The molecule has 0 heteroatoms. The molecule has 5 rings (SSSR count). The highest BCUT2D eigenvalue weighted by molar-refractivity contribution is 4.71. The van der Waals surface area contributed by atoms with Crippen LogP contribution in [0.3, 0.4) is 0 Å². The summed E-state index contributed by atoms with van der Waals surface area (Å²) in [5.41, 5.74) is 0. The zero-order valence-electron chi connectivity index (χ0n) is 32.7. The Morgan fingerprint density at radius 1 is 0.217 bits per heavy atom. The van der Waals surface area contributed by atoms with E-state index in [9.17, 15) is 0 Å². The molecule has 0 aliphatic heterocycles. The molecule has 5 aliphatic rings. The van der Waals surface area contributed by atoms with Crippen LogP contribution in [0.1, 0.15) is 238 Å². The number of hydrogen-bond acceptors (Lipinski definition) is 0. The molecule has 0 aromatic heterocycles. The van der Waals surface area contributed by atoms with Crippen molar-refractivity contribution in [1.29, 1.82) is 0 Å². The first-order valence-corrected chi connectivity index (χ1v) is 21.0. The molecule has 0 heterocycles. The maximum Gasteiger partial charge on any atom is -0.0391 e. The average molecular weight is 649 g/mol. The number of rotatable bonds is 5. The molecule has 5 fully saturated rings. The molecule has 0 saturated heterocycles. The summed E-state index contributed by atoms with van der Waals surface area (Å²) in [5.74, 6) is 9.97. The minimum atomic E-state index is 0. The van der Waals surface area contributed by atoms with E-state index < -0.39 is 0 Å². The maximum atomic E-state index is 2.36. The fourth-order valence-electron chi connectivity index (χ4n) is 8.83. The molecule has 0 amide bonds. The van der Waals surface area contributed by atoms with Crippen LogP contribution in [0.4, 0.5) is 0 Å². The van der Waals surface area contributed by atoms with E-state index in [0.717, 1.165) is 59.2 Å². The van der Waals surface area contributed by atoms with Gasteiger partial charge < -0.3 is 0 Å². The lowest BCUT2D eigenvalue weighted by Gasteiger charge is -2.24. The van der Waals surface area contributed by atoms with E-state index in [1.807, 2.05) is 0 Å². The van der Waals surface area contributed by atoms with Gasteiger partial charge in [-0.15, -0.1) is 0 Å². The second-order valence-electron chi connectivity index (χ2n) is 17.9. The molecule has 0 atom stereocenters. The molecule has 0 N–H and O–H groups in total. The summed E-state index contributed by atoms with van der Waals surface area (Å²) in [6.45, 7) is 23.5. The Balaban J connectivity index is 0. The van der Waals surface area contributed by atoms with Gasteiger partial charge in [0.2, 0.25) is 0 Å². The van der Waals surface area contributed by atoms with Crippen LogP contribution in [0.15, 0.2) is 0 Å². The van der Waals surface area contributed by atoms with E-state index in [2.05, 4.69) is 69.2 Å². The Morgan fingerprint density at radius 2 is 0.326 bits per heavy atom. The molecule has 0 nitrogen and oxygen atoms in total. The molecule has 0 unspecified atom stereocenters. The second-order valence-corrected chi connectivity index (χ2v) is 17.9. The van der Waals surface area contributed by atoms with Crippen molar-refractivity contribution in [2.24, 2.45) is 59.2 Å². The minimum Gasteiger partial charge on any atom is -0.0776 e. The third-order valence-electron chi connectivity index (χ3n) is 12.7. The van der Waals surface area contributed by atoms with Gasteiger partial charge in [-0.05, 0) is 59.2 Å². The van der Waals surface area contributed by atoms with E-state index >= 15 is 0 Å². The summed E-state index contributed by atoms with van der Waals surface area (Å²) in [6, 6.07) is 0. The lowest BCUT2D eigenvalue weighted by Crippen LogP contribution is -2.12. The monoisotopic (exact) mass is 649 g/mol. The van der Waals surface area contributed by atoms with Gasteiger partial charge in [0, 0.05) is 0 Å². The summed E-state index contributed by atoms with van der Waals surface area (Å²) >= 11 is 0. The SMILES string of the molecule is C.C.CC(C)C1CCCC1.CC(C)C1CCCCC1.CC(C)C1CCCCC1.CC(C)C1CCCCC1.CC(C)C1CCCCC1. The zero-order valence-corrected chi connectivity index (χ0v) is 32.7. The van der Waals surface area contributed by atoms with Gasteiger partial charge in [0.25, 0.3) is 0 Å². The van der Waals surface area contributed by atoms with Crippen LogP contribution in [0.25, 0.3) is 0 Å². The minimum absolute atomic E-state index is 0. The predicted molar refractivity (Wildman–Crippen MR) is 216 cm³/mol. The zero-order chi connectivity index (χ0) is 32.7. The lowest BCUT2D eigenvalue weighted by molar-refractivity contribution is 0.279. The molecular weight excluding hydrogens is 553 g/mol. The summed E-state index contributed by atoms with van der Waals surface area (Å²) in [5, 5.41) is 0. The lowest BCUT2D eigenvalue weighted by atomic mass is 9.82. The standard InChI is InChI=1S/4C9H18.C8H16.2CH4/c4*1-8(2)9-6-4-3-5-7-9;1-7(2)8-5-3-4-6-8;;/h4*8-9H,3-7H2,1-2H3;7-8H,3-6H2,1-2H3;2*1H4. The van der Waals surface area contributed by atoms with E-state index in [1.54, 1.807) is 0 Å². The molecular formula is C46H96. The van der Waals surface area contributed by atoms with Gasteiger partial charge in [-0.1, -0.05) is 238 Å². The molecule has 0 spiro atoms. The van der Waals surface area contributed by atoms with E-state index in [0.29, 0.717) is 0 Å². The molecule has 0 bridgehead atoms. The Morgan fingerprint density at radius 3 is 0.413 bits per heavy atom. The average Bonchev–Trinajstić information content (AvgIpc) is 3.60. The first kappa shape index (κ1) is 48.1. The van der Waals surface area contributed by atoms with E-state index in [-0.39, 0.29) is 14.9 Å². The summed E-state index contributed by atoms with van der Waals surface area (Å²) < 4.78 is 0. The van der Waals surface area contributed by atoms with E-state index in [4.69, 9.17) is 0 Å². The summed E-state index contributed by atoms with van der Waals surface area (Å²) in [6.07, 6.45) is 35.8. The first-order chi connectivity index (χ1) is 21.0. The highest BCUT2D eigenvalue weighted by Gasteiger charge is 2.19. The van der Waals surface area contributed by atoms with Crippen LogP contribution >= 0.6 is 0 Å². The fraction of sp³-hybridized carbons (Fsp3) is 1.00. The summed E-state index contributed by atoms with van der Waals surface area (Å²) in [7, 11) is 0. The molecule has 0 aromatic carbocycles. The Kier molecular flexibility index (Phi) is 31.2. The van der Waals surface area contributed by atoms with Crippen molar-refractivity contribution in [3.05, 3.63) is 0 Å². The quantitative estimate of drug-likeness (QED) is 0.278. The highest BCUT2D eigenvalue weighted by Crippen LogP contribution is 2.32. The van der Waals surface area contributed by atoms with Gasteiger partial charge in [-0.3, -0.25) is 0 Å². The number of hydrogen-bond donors (Lipinski definition) is 0. The van der Waals surface area contributed by atoms with Crippen LogP contribution in [0.5, 0.6) is 0 Å². The Labute approximate surface area is 296 Å². The third-order valence-corrected chi connectivity index (χ3v) is 12.7. The Hall–Kier alpha value is 0. The first-order valence-electron chi connectivity index (χ1n) is 21.0. The van der Waals surface area contributed by atoms with Gasteiger partial charge in [-0.2, -0.15) is 0 Å². The molecule has 0 radical (unpaired) electrons. The van der Waals surface area contributed by atoms with Crippen molar-refractivity contribution in [2.45, 2.75) is 238 Å². The normalized spacial score (nSPS) is 22.0. The maximum absolute atomic E-state index is 2.36. The van der Waals surface area contributed by atoms with Crippen molar-refractivity contribution in [2.75, 3.05) is 0 Å². The molecule has 5 aliphatic carbocycles. The van der Waals surface area contributed by atoms with Crippen molar-refractivity contribution in [1.82, 2.24) is 0 Å². The fourth-order valence-corrected chi connectivity index (χ4v) is 8.83. The van der Waals surface area contributed by atoms with Crippen molar-refractivity contribution in [3.63, 3.8) is 0 Å². The van der Waals surface area contributed by atoms with Crippen LogP contribution in [-0.4, -0.2) is 0 Å². The van der Waals surface area contributed by atoms with Gasteiger partial charge in [0.1, 0.15) is 0 Å². The van der Waals surface area contributed by atoms with Crippen molar-refractivity contribution in [3.8, 4) is 0 Å². The van der Waals surface area contributed by atoms with Crippen molar-refractivity contribution < 1.29 is 0 Å². The van der Waals surface area contributed by atoms with Crippen LogP contribution in [0, 0.1) is 59.2 Å². The molecule has 5 saturated carbocycles. The highest BCUT2D eigenvalue weighted by atomic mass is 14.2. The topological polar surface area (TPSA) is 0 Å². The third kappa shape index (κ3) is 23.4. The molecule has 280 valence electrons. The predicted octanol–water partition coefficient (Wildman–Crippen LogP) is 17.0. The van der Waals surface area contributed by atoms with Gasteiger partial charge in [-0.25, -0.2) is 0 Å². The van der Waals surface area contributed by atoms with Gasteiger partial charge >= 0.3 is 0 Å². The summed E-state index contributed by atoms with van der Waals surface area (Å²) in [4.78, 5) is 0. The molecule has 46 heavy (non-hydrogen) atoms. The van der Waals surface area contributed by atoms with Gasteiger partial charge in [0.05, 0.1) is 0 Å². The Bertz CT molecular complexity index is 494. The van der Waals surface area contributed by atoms with Crippen LogP contribution in [0.2, 0.25) is 0 Å². The molecule has 0 aromatic rings. The second kappa shape index (κ2) is 29.9.